The van der Waals surface area contributed by atoms with Gasteiger partial charge in [-0.2, -0.15) is 30.3 Å². The van der Waals surface area contributed by atoms with Gasteiger partial charge in [-0.15, -0.1) is 12.3 Å². The maximum Gasteiger partial charge on any atom is 1.00 e. The second-order valence-electron chi connectivity index (χ2n) is 8.31. The molecule has 4 rings (SSSR count). The summed E-state index contributed by atoms with van der Waals surface area (Å²) in [6.45, 7) is 6.61. The molecule has 0 spiro atoms. The summed E-state index contributed by atoms with van der Waals surface area (Å²) in [5.41, 5.74) is 1.40. The maximum absolute atomic E-state index is 12.6. The number of nitrogens with one attached hydrogen (secondary N) is 1. The molecular formula is C26H24BrKN3O3-. The Hall–Kier alpha value is -1.81. The van der Waals surface area contributed by atoms with Gasteiger partial charge >= 0.3 is 51.4 Å². The van der Waals surface area contributed by atoms with E-state index in [1.807, 2.05) is 30.3 Å². The number of amides is 1. The van der Waals surface area contributed by atoms with Gasteiger partial charge in [0.2, 0.25) is 5.91 Å². The number of pyridine rings is 1. The Morgan fingerprint density at radius 2 is 1.88 bits per heavy atom. The second kappa shape index (κ2) is 13.3. The molecule has 0 bridgehead atoms. The van der Waals surface area contributed by atoms with Crippen molar-refractivity contribution >= 4 is 27.5 Å². The van der Waals surface area contributed by atoms with Crippen molar-refractivity contribution < 1.29 is 60.7 Å². The molecule has 0 radical (unpaired) electrons. The number of anilines is 1. The number of nitrogens with zero attached hydrogens (tertiary/aromatic N) is 2. The van der Waals surface area contributed by atoms with Gasteiger partial charge in [0.15, 0.2) is 0 Å². The zero-order valence-electron chi connectivity index (χ0n) is 19.6. The fourth-order valence-corrected chi connectivity index (χ4v) is 3.35. The molecule has 0 saturated carbocycles. The van der Waals surface area contributed by atoms with E-state index >= 15 is 0 Å². The molecule has 34 heavy (non-hydrogen) atoms. The Bertz CT molecular complexity index is 1240. The summed E-state index contributed by atoms with van der Waals surface area (Å²) < 4.78 is 7.08. The van der Waals surface area contributed by atoms with Gasteiger partial charge in [-0.25, -0.2) is 5.16 Å². The van der Waals surface area contributed by atoms with Crippen molar-refractivity contribution in [3.8, 4) is 0 Å². The zero-order valence-corrected chi connectivity index (χ0v) is 24.3. The molecule has 0 atom stereocenters. The van der Waals surface area contributed by atoms with Crippen LogP contribution in [0.4, 0.5) is 5.69 Å². The van der Waals surface area contributed by atoms with Crippen LogP contribution in [-0.4, -0.2) is 15.6 Å². The van der Waals surface area contributed by atoms with Crippen LogP contribution in [0.15, 0.2) is 86.7 Å². The van der Waals surface area contributed by atoms with Gasteiger partial charge < -0.3 is 14.4 Å². The average Bonchev–Trinajstić information content (AvgIpc) is 3.34. The number of aromatic nitrogens is 2. The van der Waals surface area contributed by atoms with E-state index in [-0.39, 0.29) is 67.9 Å². The zero-order chi connectivity index (χ0) is 23.8. The van der Waals surface area contributed by atoms with E-state index in [2.05, 4.69) is 59.4 Å². The van der Waals surface area contributed by atoms with Crippen LogP contribution in [-0.2, 0) is 12.0 Å². The van der Waals surface area contributed by atoms with E-state index in [9.17, 15) is 9.59 Å². The molecule has 2 aromatic heterocycles. The predicted octanol–water partition coefficient (Wildman–Crippen LogP) is 2.49. The minimum Gasteiger partial charge on any atom is -0.470 e. The molecule has 170 valence electrons. The molecule has 1 N–H and O–H groups in total. The van der Waals surface area contributed by atoms with Crippen molar-refractivity contribution in [3.05, 3.63) is 117 Å². The first-order valence-corrected chi connectivity index (χ1v) is 11.1. The molecule has 0 aliphatic rings. The van der Waals surface area contributed by atoms with E-state index in [4.69, 9.17) is 4.52 Å². The summed E-state index contributed by atoms with van der Waals surface area (Å²) in [5, 5.41) is 6.20. The third-order valence-electron chi connectivity index (χ3n) is 4.59. The van der Waals surface area contributed by atoms with Crippen LogP contribution in [0.1, 0.15) is 42.5 Å². The first-order chi connectivity index (χ1) is 15.7. The SMILES string of the molecule is CC(C)(C)c1c[c-]no1.O=C(Nc1c[c-]ccc1)c1cc(Br)cn(Cc2ccccc2)c1=O.[K+]. The van der Waals surface area contributed by atoms with Gasteiger partial charge in [0.25, 0.3) is 5.56 Å². The van der Waals surface area contributed by atoms with E-state index in [0.29, 0.717) is 16.7 Å². The molecule has 0 aliphatic carbocycles. The third kappa shape index (κ3) is 8.44. The van der Waals surface area contributed by atoms with Crippen molar-refractivity contribution in [2.75, 3.05) is 5.32 Å². The van der Waals surface area contributed by atoms with Gasteiger partial charge in [0, 0.05) is 10.7 Å². The number of carbonyl (C=O) groups is 1. The van der Waals surface area contributed by atoms with Crippen molar-refractivity contribution in [2.24, 2.45) is 0 Å². The fraction of sp³-hybridized carbons (Fsp3) is 0.192. The molecule has 6 nitrogen and oxygen atoms in total. The number of benzene rings is 2. The van der Waals surface area contributed by atoms with Gasteiger partial charge in [0.05, 0.1) is 6.54 Å². The van der Waals surface area contributed by atoms with E-state index in [0.717, 1.165) is 11.3 Å². The summed E-state index contributed by atoms with van der Waals surface area (Å²) in [4.78, 5) is 25.1. The molecule has 0 aliphatic heterocycles. The van der Waals surface area contributed by atoms with Crippen molar-refractivity contribution in [1.82, 2.24) is 9.72 Å². The number of hydrogen-bond acceptors (Lipinski definition) is 4. The minimum absolute atomic E-state index is 0. The third-order valence-corrected chi connectivity index (χ3v) is 5.02. The topological polar surface area (TPSA) is 77.1 Å². The molecule has 2 heterocycles. The van der Waals surface area contributed by atoms with Crippen molar-refractivity contribution in [1.29, 1.82) is 0 Å². The van der Waals surface area contributed by atoms with Crippen LogP contribution in [0.25, 0.3) is 0 Å². The summed E-state index contributed by atoms with van der Waals surface area (Å²) in [7, 11) is 0. The predicted molar refractivity (Wildman–Crippen MR) is 131 cm³/mol. The van der Waals surface area contributed by atoms with Crippen LogP contribution >= 0.6 is 15.9 Å². The Kier molecular flexibility index (Phi) is 11.1. The maximum atomic E-state index is 12.6. The first kappa shape index (κ1) is 28.4. The Labute approximate surface area is 250 Å². The first-order valence-electron chi connectivity index (χ1n) is 10.3. The second-order valence-corrected chi connectivity index (χ2v) is 9.22. The molecule has 0 fully saturated rings. The molecule has 8 heteroatoms. The molecular weight excluding hydrogens is 521 g/mol. The summed E-state index contributed by atoms with van der Waals surface area (Å²) in [6, 6.07) is 22.7. The Morgan fingerprint density at radius 1 is 1.15 bits per heavy atom. The van der Waals surface area contributed by atoms with Crippen LogP contribution in [0, 0.1) is 12.3 Å². The van der Waals surface area contributed by atoms with E-state index in [1.54, 1.807) is 36.5 Å². The summed E-state index contributed by atoms with van der Waals surface area (Å²) in [6.07, 6.45) is 4.30. The monoisotopic (exact) mass is 544 g/mol. The molecule has 0 saturated heterocycles. The number of hydrogen-bond donors (Lipinski definition) is 1. The van der Waals surface area contributed by atoms with Crippen LogP contribution in [0.2, 0.25) is 0 Å². The fourth-order valence-electron chi connectivity index (χ4n) is 2.87. The van der Waals surface area contributed by atoms with E-state index < -0.39 is 5.91 Å². The summed E-state index contributed by atoms with van der Waals surface area (Å²) in [5.74, 6) is 0.435. The minimum atomic E-state index is -0.442. The normalized spacial score (nSPS) is 10.5. The van der Waals surface area contributed by atoms with Crippen molar-refractivity contribution in [3.63, 3.8) is 0 Å². The van der Waals surface area contributed by atoms with Gasteiger partial charge in [-0.3, -0.25) is 9.59 Å². The van der Waals surface area contributed by atoms with Crippen molar-refractivity contribution in [2.45, 2.75) is 32.7 Å². The Morgan fingerprint density at radius 3 is 2.44 bits per heavy atom. The molecule has 4 aromatic rings. The smallest absolute Gasteiger partial charge is 0.470 e. The Balaban J connectivity index is 0.000000345. The standard InChI is InChI=1S/C19H14BrN2O2.C7H10NO.K/c20-15-11-17(18(23)21-16-9-5-2-6-10-16)19(24)22(13-15)12-14-7-3-1-4-8-14;1-7(2,3)6-4-5-8-9-6;/h1-5,7-11,13H,12H2,(H,21,23);4H,1-3H3;/q2*-1;+1. The average molecular weight is 545 g/mol. The van der Waals surface area contributed by atoms with Crippen LogP contribution in [0.3, 0.4) is 0 Å². The van der Waals surface area contributed by atoms with Crippen LogP contribution < -0.4 is 62.3 Å². The molecule has 1 amide bonds. The molecule has 0 unspecified atom stereocenters. The number of carbonyl (C=O) groups excluding carboxylic acids is 1. The largest absolute Gasteiger partial charge is 1.00 e. The van der Waals surface area contributed by atoms with E-state index in [1.165, 1.54) is 10.6 Å². The quantitative estimate of drug-likeness (QED) is 0.316. The summed E-state index contributed by atoms with van der Waals surface area (Å²) >= 11 is 3.37. The number of halogens is 1. The van der Waals surface area contributed by atoms with Gasteiger partial charge in [0.1, 0.15) is 5.56 Å². The number of rotatable bonds is 4. The van der Waals surface area contributed by atoms with Gasteiger partial charge in [-0.05, 0) is 38.7 Å². The van der Waals surface area contributed by atoms with Gasteiger partial charge in [-0.1, -0.05) is 56.8 Å². The van der Waals surface area contributed by atoms with Crippen LogP contribution in [0.5, 0.6) is 0 Å². The molecule has 2 aromatic carbocycles.